The van der Waals surface area contributed by atoms with E-state index in [0.29, 0.717) is 17.7 Å². The van der Waals surface area contributed by atoms with Crippen LogP contribution in [-0.4, -0.2) is 35.2 Å². The van der Waals surface area contributed by atoms with Crippen molar-refractivity contribution in [2.75, 3.05) is 18.0 Å². The van der Waals surface area contributed by atoms with Gasteiger partial charge in [-0.1, -0.05) is 12.1 Å². The zero-order chi connectivity index (χ0) is 19.3. The van der Waals surface area contributed by atoms with Crippen LogP contribution in [-0.2, 0) is 11.2 Å². The van der Waals surface area contributed by atoms with Gasteiger partial charge in [-0.15, -0.1) is 10.2 Å². The van der Waals surface area contributed by atoms with Crippen molar-refractivity contribution in [3.8, 4) is 11.3 Å². The molecule has 0 radical (unpaired) electrons. The number of aromatic nitrogens is 2. The first-order chi connectivity index (χ1) is 13.7. The number of nitrogens with one attached hydrogen (secondary N) is 1. The Kier molecular flexibility index (Phi) is 5.62. The van der Waals surface area contributed by atoms with Gasteiger partial charge in [0.15, 0.2) is 5.82 Å². The zero-order valence-electron chi connectivity index (χ0n) is 15.3. The predicted molar refractivity (Wildman–Crippen MR) is 109 cm³/mol. The SMILES string of the molecule is O=C(Cc1ccsc1)NC1CCN(c2ccc(-c3cccc(F)c3)nn2)CC1. The number of piperidine rings is 1. The molecule has 1 aromatic carbocycles. The number of hydrogen-bond acceptors (Lipinski definition) is 5. The average molecular weight is 396 g/mol. The topological polar surface area (TPSA) is 58.1 Å². The van der Waals surface area contributed by atoms with Gasteiger partial charge in [-0.3, -0.25) is 4.79 Å². The Balaban J connectivity index is 1.30. The van der Waals surface area contributed by atoms with Gasteiger partial charge in [-0.25, -0.2) is 4.39 Å². The third-order valence-electron chi connectivity index (χ3n) is 4.90. The lowest BCUT2D eigenvalue weighted by atomic mass is 10.0. The van der Waals surface area contributed by atoms with Gasteiger partial charge in [-0.2, -0.15) is 11.3 Å². The molecule has 0 bridgehead atoms. The molecule has 7 heteroatoms. The van der Waals surface area contributed by atoms with Crippen LogP contribution in [0.4, 0.5) is 10.2 Å². The molecule has 0 spiro atoms. The van der Waals surface area contributed by atoms with Crippen LogP contribution in [0.1, 0.15) is 18.4 Å². The Morgan fingerprint density at radius 2 is 2.04 bits per heavy atom. The van der Waals surface area contributed by atoms with E-state index in [4.69, 9.17) is 0 Å². The first kappa shape index (κ1) is 18.6. The second kappa shape index (κ2) is 8.48. The van der Waals surface area contributed by atoms with Crippen molar-refractivity contribution >= 4 is 23.1 Å². The molecule has 1 aliphatic heterocycles. The number of anilines is 1. The summed E-state index contributed by atoms with van der Waals surface area (Å²) in [4.78, 5) is 14.3. The fourth-order valence-corrected chi connectivity index (χ4v) is 4.07. The summed E-state index contributed by atoms with van der Waals surface area (Å²) in [5.74, 6) is 0.603. The number of amides is 1. The van der Waals surface area contributed by atoms with Gasteiger partial charge < -0.3 is 10.2 Å². The molecule has 2 aromatic heterocycles. The molecule has 1 N–H and O–H groups in total. The summed E-state index contributed by atoms with van der Waals surface area (Å²) in [6.45, 7) is 1.63. The second-order valence-corrected chi connectivity index (χ2v) is 7.70. The molecule has 1 amide bonds. The maximum absolute atomic E-state index is 13.4. The van der Waals surface area contributed by atoms with Crippen LogP contribution in [0, 0.1) is 5.82 Å². The smallest absolute Gasteiger partial charge is 0.224 e. The maximum Gasteiger partial charge on any atom is 0.224 e. The second-order valence-electron chi connectivity index (χ2n) is 6.92. The van der Waals surface area contributed by atoms with Gasteiger partial charge in [0, 0.05) is 24.7 Å². The number of carbonyl (C=O) groups excluding carboxylic acids is 1. The van der Waals surface area contributed by atoms with E-state index in [0.717, 1.165) is 37.3 Å². The molecule has 4 rings (SSSR count). The summed E-state index contributed by atoms with van der Waals surface area (Å²) < 4.78 is 13.4. The van der Waals surface area contributed by atoms with Crippen molar-refractivity contribution in [1.29, 1.82) is 0 Å². The third kappa shape index (κ3) is 4.54. The Morgan fingerprint density at radius 3 is 2.71 bits per heavy atom. The molecular formula is C21H21FN4OS. The molecule has 144 valence electrons. The van der Waals surface area contributed by atoms with Gasteiger partial charge in [-0.05, 0) is 59.5 Å². The summed E-state index contributed by atoms with van der Waals surface area (Å²) in [7, 11) is 0. The first-order valence-corrected chi connectivity index (χ1v) is 10.3. The van der Waals surface area contributed by atoms with Gasteiger partial charge in [0.05, 0.1) is 12.1 Å². The molecule has 3 aromatic rings. The number of benzene rings is 1. The predicted octanol–water partition coefficient (Wildman–Crippen LogP) is 3.67. The van der Waals surface area contributed by atoms with Gasteiger partial charge in [0.2, 0.25) is 5.91 Å². The van der Waals surface area contributed by atoms with E-state index in [1.165, 1.54) is 12.1 Å². The number of hydrogen-bond donors (Lipinski definition) is 1. The highest BCUT2D eigenvalue weighted by Crippen LogP contribution is 2.21. The zero-order valence-corrected chi connectivity index (χ0v) is 16.2. The van der Waals surface area contributed by atoms with Crippen LogP contribution in [0.2, 0.25) is 0 Å². The lowest BCUT2D eigenvalue weighted by Crippen LogP contribution is -2.45. The monoisotopic (exact) mass is 396 g/mol. The lowest BCUT2D eigenvalue weighted by molar-refractivity contribution is -0.121. The largest absolute Gasteiger partial charge is 0.355 e. The molecule has 3 heterocycles. The Bertz CT molecular complexity index is 922. The molecule has 28 heavy (non-hydrogen) atoms. The maximum atomic E-state index is 13.4. The first-order valence-electron chi connectivity index (χ1n) is 9.32. The molecule has 1 saturated heterocycles. The van der Waals surface area contributed by atoms with Crippen molar-refractivity contribution < 1.29 is 9.18 Å². The van der Waals surface area contributed by atoms with Crippen LogP contribution < -0.4 is 10.2 Å². The van der Waals surface area contributed by atoms with E-state index in [9.17, 15) is 9.18 Å². The highest BCUT2D eigenvalue weighted by atomic mass is 32.1. The van der Waals surface area contributed by atoms with Crippen molar-refractivity contribution in [2.24, 2.45) is 0 Å². The molecule has 0 unspecified atom stereocenters. The summed E-state index contributed by atoms with van der Waals surface area (Å²) in [5, 5.41) is 15.7. The van der Waals surface area contributed by atoms with Crippen LogP contribution >= 0.6 is 11.3 Å². The minimum atomic E-state index is -0.286. The molecular weight excluding hydrogens is 375 g/mol. The quantitative estimate of drug-likeness (QED) is 0.715. The number of nitrogens with zero attached hydrogens (tertiary/aromatic N) is 3. The molecule has 0 aliphatic carbocycles. The molecule has 1 aliphatic rings. The average Bonchev–Trinajstić information content (AvgIpc) is 3.21. The Labute approximate surface area is 167 Å². The highest BCUT2D eigenvalue weighted by Gasteiger charge is 2.22. The van der Waals surface area contributed by atoms with E-state index < -0.39 is 0 Å². The van der Waals surface area contributed by atoms with E-state index in [1.807, 2.05) is 35.0 Å². The highest BCUT2D eigenvalue weighted by molar-refractivity contribution is 7.08. The Morgan fingerprint density at radius 1 is 1.18 bits per heavy atom. The lowest BCUT2D eigenvalue weighted by Gasteiger charge is -2.32. The van der Waals surface area contributed by atoms with E-state index in [-0.39, 0.29) is 17.8 Å². The summed E-state index contributed by atoms with van der Waals surface area (Å²) in [6.07, 6.45) is 2.20. The van der Waals surface area contributed by atoms with Crippen LogP contribution in [0.25, 0.3) is 11.3 Å². The number of halogens is 1. The standard InChI is InChI=1S/C21H21FN4OS/c22-17-3-1-2-16(13-17)19-4-5-20(25-24-19)26-9-6-18(7-10-26)23-21(27)12-15-8-11-28-14-15/h1-5,8,11,13-14,18H,6-7,9-10,12H2,(H,23,27). The summed E-state index contributed by atoms with van der Waals surface area (Å²) >= 11 is 1.61. The minimum absolute atomic E-state index is 0.0797. The van der Waals surface area contributed by atoms with E-state index in [1.54, 1.807) is 17.4 Å². The van der Waals surface area contributed by atoms with E-state index >= 15 is 0 Å². The molecule has 0 saturated carbocycles. The van der Waals surface area contributed by atoms with E-state index in [2.05, 4.69) is 20.4 Å². The van der Waals surface area contributed by atoms with Gasteiger partial charge >= 0.3 is 0 Å². The van der Waals surface area contributed by atoms with Crippen molar-refractivity contribution in [3.05, 3.63) is 64.6 Å². The van der Waals surface area contributed by atoms with Crippen molar-refractivity contribution in [3.63, 3.8) is 0 Å². The Hall–Kier alpha value is -2.80. The number of rotatable bonds is 5. The van der Waals surface area contributed by atoms with Crippen LogP contribution in [0.15, 0.2) is 53.2 Å². The van der Waals surface area contributed by atoms with Crippen LogP contribution in [0.5, 0.6) is 0 Å². The van der Waals surface area contributed by atoms with Crippen LogP contribution in [0.3, 0.4) is 0 Å². The molecule has 5 nitrogen and oxygen atoms in total. The minimum Gasteiger partial charge on any atom is -0.355 e. The fraction of sp³-hybridized carbons (Fsp3) is 0.286. The summed E-state index contributed by atoms with van der Waals surface area (Å²) in [6, 6.07) is 12.3. The number of thiophene rings is 1. The molecule has 1 fully saturated rings. The van der Waals surface area contributed by atoms with Gasteiger partial charge in [0.1, 0.15) is 5.82 Å². The number of carbonyl (C=O) groups is 1. The molecule has 0 atom stereocenters. The van der Waals surface area contributed by atoms with Gasteiger partial charge in [0.25, 0.3) is 0 Å². The fourth-order valence-electron chi connectivity index (χ4n) is 3.41. The third-order valence-corrected chi connectivity index (χ3v) is 5.63. The van der Waals surface area contributed by atoms with Crippen molar-refractivity contribution in [1.82, 2.24) is 15.5 Å². The van der Waals surface area contributed by atoms with Crippen molar-refractivity contribution in [2.45, 2.75) is 25.3 Å². The normalized spacial score (nSPS) is 14.8. The summed E-state index contributed by atoms with van der Waals surface area (Å²) in [5.41, 5.74) is 2.43.